The molecule has 1 aromatic carbocycles. The van der Waals surface area contributed by atoms with Crippen LogP contribution >= 0.6 is 0 Å². The summed E-state index contributed by atoms with van der Waals surface area (Å²) in [6.07, 6.45) is 2.02. The van der Waals surface area contributed by atoms with Gasteiger partial charge in [-0.05, 0) is 69.0 Å². The van der Waals surface area contributed by atoms with Crippen molar-refractivity contribution in [3.05, 3.63) is 41.1 Å². The van der Waals surface area contributed by atoms with Crippen molar-refractivity contribution in [3.63, 3.8) is 0 Å². The lowest BCUT2D eigenvalue weighted by Gasteiger charge is -2.32. The highest BCUT2D eigenvalue weighted by Crippen LogP contribution is 2.30. The van der Waals surface area contributed by atoms with Crippen molar-refractivity contribution in [1.29, 1.82) is 5.26 Å². The van der Waals surface area contributed by atoms with Crippen LogP contribution < -0.4 is 15.4 Å². The third kappa shape index (κ3) is 5.78. The molecule has 2 aromatic rings. The number of nitrogens with zero attached hydrogens (tertiary/aromatic N) is 3. The number of ether oxygens (including phenoxy) is 1. The van der Waals surface area contributed by atoms with Crippen LogP contribution in [-0.4, -0.2) is 54.6 Å². The number of piperidine rings is 1. The van der Waals surface area contributed by atoms with Gasteiger partial charge >= 0.3 is 0 Å². The van der Waals surface area contributed by atoms with Crippen molar-refractivity contribution in [2.45, 2.75) is 40.5 Å². The molecule has 1 aromatic heterocycles. The number of aromatic nitrogens is 1. The number of benzene rings is 1. The minimum atomic E-state index is -0.157. The van der Waals surface area contributed by atoms with E-state index in [1.54, 1.807) is 7.11 Å². The summed E-state index contributed by atoms with van der Waals surface area (Å²) in [5.74, 6) is 1.42. The zero-order valence-electron chi connectivity index (χ0n) is 20.8. The summed E-state index contributed by atoms with van der Waals surface area (Å²) in [7, 11) is 1.61. The van der Waals surface area contributed by atoms with Crippen molar-refractivity contribution in [1.82, 2.24) is 14.8 Å². The lowest BCUT2D eigenvalue weighted by Crippen LogP contribution is -2.44. The first-order valence-electron chi connectivity index (χ1n) is 11.8. The molecule has 0 spiro atoms. The standard InChI is InChI=1S/C26H35N5O3/c1-17(2)26(33)28-14-20-7-6-12-30(15-20)16-24(32)29-25-23(13-27)18(3)19(4)31(25)21-8-10-22(34-5)11-9-21/h8-11,17,20H,6-7,12,14-16H2,1-5H3,(H,28,33)(H,29,32). The number of methoxy groups -OCH3 is 1. The maximum atomic E-state index is 13.1. The maximum absolute atomic E-state index is 13.1. The number of nitriles is 1. The summed E-state index contributed by atoms with van der Waals surface area (Å²) in [6, 6.07) is 9.78. The van der Waals surface area contributed by atoms with Gasteiger partial charge in [0, 0.05) is 30.4 Å². The van der Waals surface area contributed by atoms with Crippen LogP contribution in [0, 0.1) is 37.0 Å². The molecule has 0 saturated carbocycles. The molecule has 182 valence electrons. The average Bonchev–Trinajstić information content (AvgIpc) is 3.06. The van der Waals surface area contributed by atoms with Gasteiger partial charge in [-0.25, -0.2) is 0 Å². The summed E-state index contributed by atoms with van der Waals surface area (Å²) >= 11 is 0. The minimum absolute atomic E-state index is 0.0336. The van der Waals surface area contributed by atoms with E-state index in [-0.39, 0.29) is 24.3 Å². The Labute approximate surface area is 201 Å². The topological polar surface area (TPSA) is 99.4 Å². The molecular weight excluding hydrogens is 430 g/mol. The van der Waals surface area contributed by atoms with Crippen molar-refractivity contribution >= 4 is 17.6 Å². The molecule has 1 unspecified atom stereocenters. The lowest BCUT2D eigenvalue weighted by molar-refractivity contribution is -0.124. The molecule has 1 saturated heterocycles. The van der Waals surface area contributed by atoms with Gasteiger partial charge in [-0.1, -0.05) is 13.8 Å². The Hall–Kier alpha value is -3.31. The van der Waals surface area contributed by atoms with E-state index < -0.39 is 0 Å². The average molecular weight is 466 g/mol. The molecule has 0 bridgehead atoms. The first-order valence-corrected chi connectivity index (χ1v) is 11.8. The van der Waals surface area contributed by atoms with Crippen LogP contribution in [0.25, 0.3) is 5.69 Å². The fraction of sp³-hybridized carbons (Fsp3) is 0.500. The number of carbonyl (C=O) groups excluding carboxylic acids is 2. The van der Waals surface area contributed by atoms with Gasteiger partial charge in [0.2, 0.25) is 11.8 Å². The zero-order valence-corrected chi connectivity index (χ0v) is 20.8. The van der Waals surface area contributed by atoms with E-state index >= 15 is 0 Å². The molecule has 3 rings (SSSR count). The van der Waals surface area contributed by atoms with Gasteiger partial charge in [0.05, 0.1) is 19.2 Å². The van der Waals surface area contributed by atoms with E-state index in [1.165, 1.54) is 0 Å². The SMILES string of the molecule is COc1ccc(-n2c(C)c(C)c(C#N)c2NC(=O)CN2CCCC(CNC(=O)C(C)C)C2)cc1. The first-order chi connectivity index (χ1) is 16.2. The van der Waals surface area contributed by atoms with Crippen molar-refractivity contribution in [2.75, 3.05) is 38.6 Å². The Kier molecular flexibility index (Phi) is 8.35. The Morgan fingerprint density at radius 2 is 1.94 bits per heavy atom. The predicted molar refractivity (Wildman–Crippen MR) is 132 cm³/mol. The second-order valence-electron chi connectivity index (χ2n) is 9.27. The highest BCUT2D eigenvalue weighted by Gasteiger charge is 2.25. The van der Waals surface area contributed by atoms with Crippen LogP contribution in [0.15, 0.2) is 24.3 Å². The summed E-state index contributed by atoms with van der Waals surface area (Å²) in [5.41, 5.74) is 3.05. The number of hydrogen-bond donors (Lipinski definition) is 2. The second-order valence-corrected chi connectivity index (χ2v) is 9.27. The van der Waals surface area contributed by atoms with Crippen LogP contribution in [-0.2, 0) is 9.59 Å². The monoisotopic (exact) mass is 465 g/mol. The Morgan fingerprint density at radius 1 is 1.24 bits per heavy atom. The van der Waals surface area contributed by atoms with E-state index in [9.17, 15) is 14.9 Å². The molecule has 1 atom stereocenters. The quantitative estimate of drug-likeness (QED) is 0.623. The molecular formula is C26H35N5O3. The highest BCUT2D eigenvalue weighted by molar-refractivity contribution is 5.93. The number of hydrogen-bond acceptors (Lipinski definition) is 5. The van der Waals surface area contributed by atoms with Gasteiger partial charge in [-0.2, -0.15) is 5.26 Å². The number of anilines is 1. The molecule has 2 heterocycles. The van der Waals surface area contributed by atoms with Crippen LogP contribution in [0.3, 0.4) is 0 Å². The van der Waals surface area contributed by atoms with Gasteiger partial charge in [0.25, 0.3) is 0 Å². The molecule has 0 radical (unpaired) electrons. The molecule has 2 amide bonds. The van der Waals surface area contributed by atoms with Gasteiger partial charge in [-0.15, -0.1) is 0 Å². The van der Waals surface area contributed by atoms with Crippen molar-refractivity contribution in [2.24, 2.45) is 11.8 Å². The molecule has 1 aliphatic rings. The number of likely N-dealkylation sites (tertiary alicyclic amines) is 1. The van der Waals surface area contributed by atoms with E-state index in [0.717, 1.165) is 48.6 Å². The molecule has 8 heteroatoms. The molecule has 1 fully saturated rings. The van der Waals surface area contributed by atoms with Gasteiger partial charge in [0.1, 0.15) is 17.6 Å². The van der Waals surface area contributed by atoms with Crippen LogP contribution in [0.2, 0.25) is 0 Å². The van der Waals surface area contributed by atoms with Crippen molar-refractivity contribution < 1.29 is 14.3 Å². The van der Waals surface area contributed by atoms with Gasteiger partial charge < -0.3 is 15.4 Å². The molecule has 0 aliphatic carbocycles. The maximum Gasteiger partial charge on any atom is 0.239 e. The number of rotatable bonds is 8. The summed E-state index contributed by atoms with van der Waals surface area (Å²) in [4.78, 5) is 27.1. The predicted octanol–water partition coefficient (Wildman–Crippen LogP) is 3.40. The highest BCUT2D eigenvalue weighted by atomic mass is 16.5. The number of nitrogens with one attached hydrogen (secondary N) is 2. The number of carbonyl (C=O) groups is 2. The van der Waals surface area contributed by atoms with E-state index in [2.05, 4.69) is 21.6 Å². The summed E-state index contributed by atoms with van der Waals surface area (Å²) in [5, 5.41) is 15.8. The van der Waals surface area contributed by atoms with E-state index in [4.69, 9.17) is 4.74 Å². The molecule has 34 heavy (non-hydrogen) atoms. The zero-order chi connectivity index (χ0) is 24.8. The first kappa shape index (κ1) is 25.3. The smallest absolute Gasteiger partial charge is 0.239 e. The molecule has 8 nitrogen and oxygen atoms in total. The van der Waals surface area contributed by atoms with Crippen LogP contribution in [0.4, 0.5) is 5.82 Å². The van der Waals surface area contributed by atoms with Gasteiger partial charge in [-0.3, -0.25) is 19.1 Å². The summed E-state index contributed by atoms with van der Waals surface area (Å²) < 4.78 is 7.16. The third-order valence-electron chi connectivity index (χ3n) is 6.47. The van der Waals surface area contributed by atoms with Crippen LogP contribution in [0.1, 0.15) is 43.5 Å². The van der Waals surface area contributed by atoms with E-state index in [1.807, 2.05) is 56.5 Å². The van der Waals surface area contributed by atoms with Crippen molar-refractivity contribution in [3.8, 4) is 17.5 Å². The normalized spacial score (nSPS) is 16.2. The summed E-state index contributed by atoms with van der Waals surface area (Å²) in [6.45, 7) is 10.1. The fourth-order valence-electron chi connectivity index (χ4n) is 4.40. The van der Waals surface area contributed by atoms with E-state index in [0.29, 0.717) is 23.8 Å². The Morgan fingerprint density at radius 3 is 2.56 bits per heavy atom. The second kappa shape index (κ2) is 11.2. The Balaban J connectivity index is 1.72. The molecule has 2 N–H and O–H groups in total. The van der Waals surface area contributed by atoms with Crippen LogP contribution in [0.5, 0.6) is 5.75 Å². The molecule has 1 aliphatic heterocycles. The minimum Gasteiger partial charge on any atom is -0.497 e. The number of amides is 2. The third-order valence-corrected chi connectivity index (χ3v) is 6.47. The fourth-order valence-corrected chi connectivity index (χ4v) is 4.40. The Bertz CT molecular complexity index is 1070. The largest absolute Gasteiger partial charge is 0.497 e. The lowest BCUT2D eigenvalue weighted by atomic mass is 9.97. The van der Waals surface area contributed by atoms with Gasteiger partial charge in [0.15, 0.2) is 0 Å².